The molecule has 0 aromatic heterocycles. The zero-order chi connectivity index (χ0) is 11.0. The van der Waals surface area contributed by atoms with Gasteiger partial charge in [0.15, 0.2) is 0 Å². The summed E-state index contributed by atoms with van der Waals surface area (Å²) in [6.07, 6.45) is 0. The van der Waals surface area contributed by atoms with Crippen molar-refractivity contribution in [3.63, 3.8) is 0 Å². The summed E-state index contributed by atoms with van der Waals surface area (Å²) < 4.78 is 0. The van der Waals surface area contributed by atoms with Gasteiger partial charge < -0.3 is 10.4 Å². The maximum Gasteiger partial charge on any atom is 0.0638 e. The average Bonchev–Trinajstić information content (AvgIpc) is 2.54. The smallest absolute Gasteiger partial charge is 0.0638 e. The number of fused-ring (bicyclic) bond motifs is 1. The van der Waals surface area contributed by atoms with Crippen LogP contribution in [-0.4, -0.2) is 17.8 Å². The lowest BCUT2D eigenvalue weighted by atomic mass is 9.85. The van der Waals surface area contributed by atoms with Gasteiger partial charge in [0.2, 0.25) is 0 Å². The molecule has 82 valence electrons. The largest absolute Gasteiger partial charge is 0.394 e. The minimum absolute atomic E-state index is 0.124. The third kappa shape index (κ3) is 1.84. The van der Waals surface area contributed by atoms with Crippen LogP contribution in [0.3, 0.4) is 0 Å². The van der Waals surface area contributed by atoms with Crippen molar-refractivity contribution in [1.29, 1.82) is 0 Å². The lowest BCUT2D eigenvalue weighted by Gasteiger charge is -2.21. The Labute approximate surface area is 95.3 Å². The Kier molecular flexibility index (Phi) is 2.89. The van der Waals surface area contributed by atoms with Crippen LogP contribution in [0, 0.1) is 5.92 Å². The van der Waals surface area contributed by atoms with E-state index in [9.17, 15) is 5.11 Å². The van der Waals surface area contributed by atoms with E-state index in [4.69, 9.17) is 11.6 Å². The second-order valence-electron chi connectivity index (χ2n) is 4.43. The molecule has 0 aliphatic carbocycles. The van der Waals surface area contributed by atoms with Crippen LogP contribution < -0.4 is 5.32 Å². The molecule has 2 N–H and O–H groups in total. The molecule has 0 spiro atoms. The molecule has 0 fully saturated rings. The number of hydrogen-bond acceptors (Lipinski definition) is 2. The Morgan fingerprint density at radius 1 is 1.47 bits per heavy atom. The van der Waals surface area contributed by atoms with Gasteiger partial charge in [-0.2, -0.15) is 0 Å². The van der Waals surface area contributed by atoms with E-state index in [-0.39, 0.29) is 12.6 Å². The normalized spacial score (nSPS) is 24.1. The summed E-state index contributed by atoms with van der Waals surface area (Å²) in [4.78, 5) is 0. The van der Waals surface area contributed by atoms with Crippen molar-refractivity contribution in [2.75, 3.05) is 11.9 Å². The molecule has 2 atom stereocenters. The summed E-state index contributed by atoms with van der Waals surface area (Å²) in [5, 5.41) is 13.4. The lowest BCUT2D eigenvalue weighted by Crippen LogP contribution is -2.27. The minimum Gasteiger partial charge on any atom is -0.394 e. The molecule has 1 aromatic rings. The summed E-state index contributed by atoms with van der Waals surface area (Å²) in [7, 11) is 0. The summed E-state index contributed by atoms with van der Waals surface area (Å²) in [6.45, 7) is 4.52. The highest BCUT2D eigenvalue weighted by Crippen LogP contribution is 2.41. The molecule has 0 radical (unpaired) electrons. The Hall–Kier alpha value is -0.730. The first-order valence-corrected chi connectivity index (χ1v) is 5.68. The molecule has 2 rings (SSSR count). The van der Waals surface area contributed by atoms with Gasteiger partial charge in [-0.1, -0.05) is 31.5 Å². The predicted molar refractivity (Wildman–Crippen MR) is 63.5 cm³/mol. The van der Waals surface area contributed by atoms with Crippen LogP contribution in [0.5, 0.6) is 0 Å². The van der Waals surface area contributed by atoms with E-state index in [0.29, 0.717) is 11.8 Å². The van der Waals surface area contributed by atoms with Gasteiger partial charge in [0, 0.05) is 16.6 Å². The summed E-state index contributed by atoms with van der Waals surface area (Å²) >= 11 is 5.94. The Morgan fingerprint density at radius 2 is 2.20 bits per heavy atom. The van der Waals surface area contributed by atoms with E-state index in [1.54, 1.807) is 0 Å². The van der Waals surface area contributed by atoms with Gasteiger partial charge in [-0.25, -0.2) is 0 Å². The van der Waals surface area contributed by atoms with Gasteiger partial charge in [-0.15, -0.1) is 0 Å². The van der Waals surface area contributed by atoms with Crippen molar-refractivity contribution < 1.29 is 5.11 Å². The number of anilines is 1. The first-order valence-electron chi connectivity index (χ1n) is 5.30. The van der Waals surface area contributed by atoms with Gasteiger partial charge in [-0.3, -0.25) is 0 Å². The quantitative estimate of drug-likeness (QED) is 0.811. The standard InChI is InChI=1S/C12H16ClNO/c1-7(2)12-9-4-3-8(13)5-10(9)14-11(12)6-15/h3-5,7,11-12,14-15H,6H2,1-2H3. The molecular formula is C12H16ClNO. The number of benzene rings is 1. The van der Waals surface area contributed by atoms with Crippen molar-refractivity contribution >= 4 is 17.3 Å². The van der Waals surface area contributed by atoms with E-state index in [2.05, 4.69) is 25.2 Å². The van der Waals surface area contributed by atoms with E-state index in [0.717, 1.165) is 10.7 Å². The maximum absolute atomic E-state index is 9.33. The number of hydrogen-bond donors (Lipinski definition) is 2. The molecule has 1 aliphatic rings. The minimum atomic E-state index is 0.124. The highest BCUT2D eigenvalue weighted by molar-refractivity contribution is 6.30. The molecule has 1 heterocycles. The van der Waals surface area contributed by atoms with Crippen LogP contribution in [0.4, 0.5) is 5.69 Å². The highest BCUT2D eigenvalue weighted by Gasteiger charge is 2.33. The van der Waals surface area contributed by atoms with Crippen molar-refractivity contribution in [2.45, 2.75) is 25.8 Å². The van der Waals surface area contributed by atoms with Gasteiger partial charge in [-0.05, 0) is 23.6 Å². The van der Waals surface area contributed by atoms with Crippen molar-refractivity contribution in [2.24, 2.45) is 5.92 Å². The van der Waals surface area contributed by atoms with Gasteiger partial charge >= 0.3 is 0 Å². The van der Waals surface area contributed by atoms with Crippen molar-refractivity contribution in [3.05, 3.63) is 28.8 Å². The number of halogens is 1. The summed E-state index contributed by atoms with van der Waals surface area (Å²) in [5.41, 5.74) is 2.34. The van der Waals surface area contributed by atoms with E-state index in [1.165, 1.54) is 5.56 Å². The van der Waals surface area contributed by atoms with Crippen molar-refractivity contribution in [1.82, 2.24) is 0 Å². The monoisotopic (exact) mass is 225 g/mol. The Bertz CT molecular complexity index is 365. The fraction of sp³-hybridized carbons (Fsp3) is 0.500. The highest BCUT2D eigenvalue weighted by atomic mass is 35.5. The molecule has 3 heteroatoms. The van der Waals surface area contributed by atoms with Crippen LogP contribution in [0.15, 0.2) is 18.2 Å². The first kappa shape index (κ1) is 10.8. The van der Waals surface area contributed by atoms with Crippen LogP contribution in [0.2, 0.25) is 5.02 Å². The molecule has 2 nitrogen and oxygen atoms in total. The van der Waals surface area contributed by atoms with E-state index >= 15 is 0 Å². The van der Waals surface area contributed by atoms with Gasteiger partial charge in [0.25, 0.3) is 0 Å². The molecule has 15 heavy (non-hydrogen) atoms. The molecule has 1 aliphatic heterocycles. The third-order valence-corrected chi connectivity index (χ3v) is 3.30. The number of rotatable bonds is 2. The molecule has 1 aromatic carbocycles. The number of nitrogens with one attached hydrogen (secondary N) is 1. The predicted octanol–water partition coefficient (Wildman–Crippen LogP) is 2.87. The first-order chi connectivity index (χ1) is 7.13. The lowest BCUT2D eigenvalue weighted by molar-refractivity contribution is 0.249. The van der Waals surface area contributed by atoms with E-state index < -0.39 is 0 Å². The second-order valence-corrected chi connectivity index (χ2v) is 4.87. The van der Waals surface area contributed by atoms with Gasteiger partial charge in [0.05, 0.1) is 12.6 Å². The fourth-order valence-corrected chi connectivity index (χ4v) is 2.61. The molecule has 0 saturated carbocycles. The fourth-order valence-electron chi connectivity index (χ4n) is 2.43. The van der Waals surface area contributed by atoms with Crippen LogP contribution >= 0.6 is 11.6 Å². The SMILES string of the molecule is CC(C)C1c2ccc(Cl)cc2NC1CO. The molecule has 0 amide bonds. The molecule has 0 bridgehead atoms. The molecule has 2 unspecified atom stereocenters. The second kappa shape index (κ2) is 4.03. The summed E-state index contributed by atoms with van der Waals surface area (Å²) in [5.74, 6) is 0.888. The summed E-state index contributed by atoms with van der Waals surface area (Å²) in [6, 6.07) is 6.03. The number of aliphatic hydroxyl groups is 1. The van der Waals surface area contributed by atoms with Crippen LogP contribution in [0.25, 0.3) is 0 Å². The van der Waals surface area contributed by atoms with Gasteiger partial charge in [0.1, 0.15) is 0 Å². The van der Waals surface area contributed by atoms with Crippen LogP contribution in [0.1, 0.15) is 25.3 Å². The maximum atomic E-state index is 9.33. The van der Waals surface area contributed by atoms with Crippen LogP contribution in [-0.2, 0) is 0 Å². The number of aliphatic hydroxyl groups excluding tert-OH is 1. The molecule has 0 saturated heterocycles. The Morgan fingerprint density at radius 3 is 2.80 bits per heavy atom. The zero-order valence-electron chi connectivity index (χ0n) is 9.00. The third-order valence-electron chi connectivity index (χ3n) is 3.06. The zero-order valence-corrected chi connectivity index (χ0v) is 9.75. The van der Waals surface area contributed by atoms with Crippen molar-refractivity contribution in [3.8, 4) is 0 Å². The Balaban J connectivity index is 2.40. The topological polar surface area (TPSA) is 32.3 Å². The average molecular weight is 226 g/mol. The molecular weight excluding hydrogens is 210 g/mol. The van der Waals surface area contributed by atoms with E-state index in [1.807, 2.05) is 12.1 Å².